The fourth-order valence-corrected chi connectivity index (χ4v) is 1.76. The number of hydrogen-bond acceptors (Lipinski definition) is 4. The van der Waals surface area contributed by atoms with Crippen LogP contribution in [0.15, 0.2) is 5.38 Å². The van der Waals surface area contributed by atoms with Crippen molar-refractivity contribution in [1.29, 1.82) is 5.26 Å². The molecule has 2 rings (SSSR count). The van der Waals surface area contributed by atoms with Crippen LogP contribution >= 0.6 is 11.3 Å². The van der Waals surface area contributed by atoms with E-state index in [0.29, 0.717) is 11.2 Å². The smallest absolute Gasteiger partial charge is 0.151 e. The Labute approximate surface area is 81.4 Å². The molecular formula is C9H11N3S. The normalized spacial score (nSPS) is 18.2. The molecule has 1 aromatic rings. The molecule has 13 heavy (non-hydrogen) atoms. The van der Waals surface area contributed by atoms with Crippen LogP contribution in [0.2, 0.25) is 0 Å². The lowest BCUT2D eigenvalue weighted by Crippen LogP contribution is -2.26. The van der Waals surface area contributed by atoms with Crippen molar-refractivity contribution >= 4 is 11.3 Å². The molecule has 1 aromatic heterocycles. The molecule has 68 valence electrons. The van der Waals surface area contributed by atoms with Crippen molar-refractivity contribution in [1.82, 2.24) is 10.3 Å². The van der Waals surface area contributed by atoms with Gasteiger partial charge in [-0.2, -0.15) is 5.26 Å². The minimum Gasteiger partial charge on any atom is -0.305 e. The molecule has 1 N–H and O–H groups in total. The minimum absolute atomic E-state index is 0.346. The van der Waals surface area contributed by atoms with Crippen LogP contribution in [0.25, 0.3) is 0 Å². The highest BCUT2D eigenvalue weighted by Crippen LogP contribution is 2.34. The fraction of sp³-hybridized carbons (Fsp3) is 0.556. The van der Waals surface area contributed by atoms with E-state index in [1.807, 2.05) is 6.07 Å². The zero-order chi connectivity index (χ0) is 9.31. The maximum Gasteiger partial charge on any atom is 0.151 e. The van der Waals surface area contributed by atoms with Gasteiger partial charge in [-0.05, 0) is 19.8 Å². The van der Waals surface area contributed by atoms with E-state index >= 15 is 0 Å². The summed E-state index contributed by atoms with van der Waals surface area (Å²) >= 11 is 1.55. The summed E-state index contributed by atoms with van der Waals surface area (Å²) in [7, 11) is 0. The number of hydrogen-bond donors (Lipinski definition) is 1. The lowest BCUT2D eigenvalue weighted by atomic mass is 10.3. The predicted octanol–water partition coefficient (Wildman–Crippen LogP) is 1.66. The third-order valence-electron chi connectivity index (χ3n) is 2.33. The summed E-state index contributed by atoms with van der Waals surface area (Å²) in [4.78, 5) is 4.15. The Kier molecular flexibility index (Phi) is 2.06. The molecule has 0 radical (unpaired) electrons. The largest absolute Gasteiger partial charge is 0.305 e. The number of thiazole rings is 1. The maximum absolute atomic E-state index is 8.57. The Balaban J connectivity index is 1.91. The van der Waals surface area contributed by atoms with Gasteiger partial charge in [0.1, 0.15) is 11.1 Å². The van der Waals surface area contributed by atoms with Crippen LogP contribution in [-0.4, -0.2) is 10.5 Å². The van der Waals surface area contributed by atoms with Gasteiger partial charge in [0.15, 0.2) is 5.69 Å². The first-order valence-electron chi connectivity index (χ1n) is 4.31. The topological polar surface area (TPSA) is 48.7 Å². The number of aromatic nitrogens is 1. The van der Waals surface area contributed by atoms with Crippen LogP contribution in [-0.2, 0) is 6.54 Å². The number of nitrogens with one attached hydrogen (secondary N) is 1. The summed E-state index contributed by atoms with van der Waals surface area (Å²) < 4.78 is 0. The van der Waals surface area contributed by atoms with E-state index in [1.54, 1.807) is 16.7 Å². The molecule has 0 spiro atoms. The number of rotatable bonds is 3. The first kappa shape index (κ1) is 8.67. The van der Waals surface area contributed by atoms with Gasteiger partial charge in [0.25, 0.3) is 0 Å². The average Bonchev–Trinajstić information content (AvgIpc) is 2.69. The van der Waals surface area contributed by atoms with Gasteiger partial charge in [-0.3, -0.25) is 0 Å². The van der Waals surface area contributed by atoms with Gasteiger partial charge >= 0.3 is 0 Å². The van der Waals surface area contributed by atoms with E-state index in [2.05, 4.69) is 17.2 Å². The van der Waals surface area contributed by atoms with Crippen LogP contribution in [0.3, 0.4) is 0 Å². The lowest BCUT2D eigenvalue weighted by Gasteiger charge is -2.08. The lowest BCUT2D eigenvalue weighted by molar-refractivity contribution is 0.536. The molecule has 0 saturated heterocycles. The van der Waals surface area contributed by atoms with E-state index in [9.17, 15) is 0 Å². The highest BCUT2D eigenvalue weighted by Gasteiger charge is 2.36. The minimum atomic E-state index is 0.346. The highest BCUT2D eigenvalue weighted by molar-refractivity contribution is 7.09. The summed E-state index contributed by atoms with van der Waals surface area (Å²) in [6.45, 7) is 3.01. The van der Waals surface area contributed by atoms with Gasteiger partial charge in [0, 0.05) is 17.5 Å². The van der Waals surface area contributed by atoms with E-state index in [4.69, 9.17) is 5.26 Å². The van der Waals surface area contributed by atoms with Gasteiger partial charge in [0.05, 0.1) is 0 Å². The van der Waals surface area contributed by atoms with Crippen molar-refractivity contribution in [2.75, 3.05) is 0 Å². The van der Waals surface area contributed by atoms with Crippen LogP contribution in [0.1, 0.15) is 30.5 Å². The molecule has 1 aliphatic rings. The molecule has 0 unspecified atom stereocenters. The van der Waals surface area contributed by atoms with Crippen LogP contribution in [0.4, 0.5) is 0 Å². The molecule has 1 heterocycles. The summed E-state index contributed by atoms with van der Waals surface area (Å²) in [5, 5.41) is 14.8. The Morgan fingerprint density at radius 1 is 1.77 bits per heavy atom. The fourth-order valence-electron chi connectivity index (χ4n) is 1.10. The third kappa shape index (κ3) is 2.06. The molecular weight excluding hydrogens is 182 g/mol. The standard InChI is InChI=1S/C9H11N3S/c1-9(2-3-9)11-5-8-12-7(4-10)6-13-8/h6,11H,2-3,5H2,1H3. The predicted molar refractivity (Wildman–Crippen MR) is 51.3 cm³/mol. The summed E-state index contributed by atoms with van der Waals surface area (Å²) in [6, 6.07) is 2.03. The second-order valence-corrected chi connectivity index (χ2v) is 4.60. The van der Waals surface area contributed by atoms with Crippen molar-refractivity contribution in [2.45, 2.75) is 31.8 Å². The summed E-state index contributed by atoms with van der Waals surface area (Å²) in [5.41, 5.74) is 0.876. The third-order valence-corrected chi connectivity index (χ3v) is 3.18. The van der Waals surface area contributed by atoms with E-state index in [0.717, 1.165) is 11.6 Å². The average molecular weight is 193 g/mol. The maximum atomic E-state index is 8.57. The molecule has 0 aromatic carbocycles. The van der Waals surface area contributed by atoms with Gasteiger partial charge in [-0.15, -0.1) is 11.3 Å². The molecule has 0 atom stereocenters. The highest BCUT2D eigenvalue weighted by atomic mass is 32.1. The molecule has 1 aliphatic carbocycles. The summed E-state index contributed by atoms with van der Waals surface area (Å²) in [5.74, 6) is 0. The van der Waals surface area contributed by atoms with Crippen LogP contribution in [0.5, 0.6) is 0 Å². The zero-order valence-corrected chi connectivity index (χ0v) is 8.32. The zero-order valence-electron chi connectivity index (χ0n) is 7.50. The van der Waals surface area contributed by atoms with Crippen LogP contribution < -0.4 is 5.32 Å². The molecule has 4 heteroatoms. The first-order chi connectivity index (χ1) is 6.22. The number of nitriles is 1. The molecule has 3 nitrogen and oxygen atoms in total. The van der Waals surface area contributed by atoms with Crippen molar-refractivity contribution in [3.8, 4) is 6.07 Å². The summed E-state index contributed by atoms with van der Waals surface area (Å²) in [6.07, 6.45) is 2.51. The number of nitrogens with zero attached hydrogens (tertiary/aromatic N) is 2. The van der Waals surface area contributed by atoms with Crippen molar-refractivity contribution < 1.29 is 0 Å². The van der Waals surface area contributed by atoms with Crippen LogP contribution in [0, 0.1) is 11.3 Å². The van der Waals surface area contributed by atoms with Crippen molar-refractivity contribution in [3.05, 3.63) is 16.1 Å². The molecule has 0 bridgehead atoms. The first-order valence-corrected chi connectivity index (χ1v) is 5.19. The monoisotopic (exact) mass is 193 g/mol. The van der Waals surface area contributed by atoms with Gasteiger partial charge < -0.3 is 5.32 Å². The molecule has 1 saturated carbocycles. The van der Waals surface area contributed by atoms with E-state index in [1.165, 1.54) is 12.8 Å². The van der Waals surface area contributed by atoms with E-state index in [-0.39, 0.29) is 0 Å². The Morgan fingerprint density at radius 3 is 3.08 bits per heavy atom. The second kappa shape index (κ2) is 3.09. The molecule has 0 amide bonds. The molecule has 0 aliphatic heterocycles. The Bertz CT molecular complexity index is 346. The second-order valence-electron chi connectivity index (χ2n) is 3.65. The van der Waals surface area contributed by atoms with Gasteiger partial charge in [-0.25, -0.2) is 4.98 Å². The van der Waals surface area contributed by atoms with Crippen molar-refractivity contribution in [2.24, 2.45) is 0 Å². The van der Waals surface area contributed by atoms with Gasteiger partial charge in [-0.1, -0.05) is 0 Å². The Hall–Kier alpha value is -0.920. The van der Waals surface area contributed by atoms with Gasteiger partial charge in [0.2, 0.25) is 0 Å². The van der Waals surface area contributed by atoms with E-state index < -0.39 is 0 Å². The SMILES string of the molecule is CC1(NCc2nc(C#N)cs2)CC1. The quantitative estimate of drug-likeness (QED) is 0.794. The molecule has 1 fully saturated rings. The van der Waals surface area contributed by atoms with Crippen molar-refractivity contribution in [3.63, 3.8) is 0 Å². The Morgan fingerprint density at radius 2 is 2.54 bits per heavy atom.